The van der Waals surface area contributed by atoms with Crippen molar-refractivity contribution in [1.29, 1.82) is 5.26 Å². The highest BCUT2D eigenvalue weighted by atomic mass is 32.2. The predicted octanol–water partition coefficient (Wildman–Crippen LogP) is 0.627. The summed E-state index contributed by atoms with van der Waals surface area (Å²) in [7, 11) is 0. The minimum Gasteiger partial charge on any atom is -0.389 e. The summed E-state index contributed by atoms with van der Waals surface area (Å²) in [5, 5.41) is 28.0. The van der Waals surface area contributed by atoms with Gasteiger partial charge in [-0.25, -0.2) is 0 Å². The van der Waals surface area contributed by atoms with E-state index < -0.39 is 12.2 Å². The molecule has 1 aromatic rings. The fourth-order valence-corrected chi connectivity index (χ4v) is 1.76. The topological polar surface area (TPSA) is 94.2 Å². The maximum absolute atomic E-state index is 10.7. The molecule has 17 heavy (non-hydrogen) atoms. The molecule has 0 fully saturated rings. The Kier molecular flexibility index (Phi) is 5.10. The lowest BCUT2D eigenvalue weighted by Crippen LogP contribution is -2.22. The number of nitrogens with zero attached hydrogens (tertiary/aromatic N) is 2. The molecule has 2 atom stereocenters. The minimum absolute atomic E-state index is 0.0922. The van der Waals surface area contributed by atoms with Crippen LogP contribution in [0.4, 0.5) is 0 Å². The number of nitriles is 1. The maximum Gasteiger partial charge on any atom is 0.185 e. The van der Waals surface area contributed by atoms with Crippen molar-refractivity contribution in [3.05, 3.63) is 29.6 Å². The summed E-state index contributed by atoms with van der Waals surface area (Å²) in [5.41, 5.74) is 0.584. The van der Waals surface area contributed by atoms with Gasteiger partial charge in [-0.05, 0) is 12.1 Å². The molecule has 0 saturated heterocycles. The van der Waals surface area contributed by atoms with Gasteiger partial charge in [0.1, 0.15) is 6.10 Å². The predicted molar refractivity (Wildman–Crippen MR) is 63.1 cm³/mol. The molecule has 90 valence electrons. The van der Waals surface area contributed by atoms with Crippen molar-refractivity contribution in [3.8, 4) is 6.07 Å². The average molecular weight is 252 g/mol. The zero-order valence-corrected chi connectivity index (χ0v) is 10.0. The Labute approximate surface area is 103 Å². The van der Waals surface area contributed by atoms with Gasteiger partial charge < -0.3 is 10.2 Å². The van der Waals surface area contributed by atoms with Gasteiger partial charge >= 0.3 is 0 Å². The van der Waals surface area contributed by atoms with Crippen molar-refractivity contribution >= 4 is 16.9 Å². The number of aliphatic hydroxyl groups is 2. The monoisotopic (exact) mass is 252 g/mol. The van der Waals surface area contributed by atoms with Crippen molar-refractivity contribution in [2.45, 2.75) is 19.1 Å². The molecule has 5 nitrogen and oxygen atoms in total. The number of carbonyl (C=O) groups is 1. The number of pyridine rings is 1. The summed E-state index contributed by atoms with van der Waals surface area (Å²) < 4.78 is 0. The van der Waals surface area contributed by atoms with Gasteiger partial charge in [0, 0.05) is 18.9 Å². The second kappa shape index (κ2) is 6.35. The standard InChI is InChI=1S/C11H12N2O3S/c1-7(14)17-6-10(15)11(16)9-4-8(5-12)2-3-13-9/h2-4,10-11,15-16H,6H2,1H3. The second-order valence-electron chi connectivity index (χ2n) is 3.40. The summed E-state index contributed by atoms with van der Waals surface area (Å²) in [5.74, 6) is 0.0922. The van der Waals surface area contributed by atoms with Crippen LogP contribution in [0, 0.1) is 11.3 Å². The van der Waals surface area contributed by atoms with Crippen LogP contribution in [0.2, 0.25) is 0 Å². The molecule has 0 aliphatic carbocycles. The van der Waals surface area contributed by atoms with Crippen molar-refractivity contribution in [2.24, 2.45) is 0 Å². The Morgan fingerprint density at radius 2 is 2.35 bits per heavy atom. The largest absolute Gasteiger partial charge is 0.389 e. The lowest BCUT2D eigenvalue weighted by molar-refractivity contribution is -0.109. The van der Waals surface area contributed by atoms with E-state index in [4.69, 9.17) is 5.26 Å². The van der Waals surface area contributed by atoms with Gasteiger partial charge in [0.15, 0.2) is 5.12 Å². The first-order valence-corrected chi connectivity index (χ1v) is 5.88. The summed E-state index contributed by atoms with van der Waals surface area (Å²) in [6, 6.07) is 4.84. The van der Waals surface area contributed by atoms with Crippen LogP contribution >= 0.6 is 11.8 Å². The van der Waals surface area contributed by atoms with Crippen molar-refractivity contribution in [3.63, 3.8) is 0 Å². The Hall–Kier alpha value is -1.42. The van der Waals surface area contributed by atoms with E-state index in [0.717, 1.165) is 11.8 Å². The molecule has 1 heterocycles. The molecule has 0 spiro atoms. The van der Waals surface area contributed by atoms with Crippen molar-refractivity contribution < 1.29 is 15.0 Å². The number of hydrogen-bond acceptors (Lipinski definition) is 6. The lowest BCUT2D eigenvalue weighted by Gasteiger charge is -2.16. The van der Waals surface area contributed by atoms with Gasteiger partial charge in [-0.3, -0.25) is 9.78 Å². The first-order chi connectivity index (χ1) is 8.04. The van der Waals surface area contributed by atoms with E-state index in [9.17, 15) is 15.0 Å². The van der Waals surface area contributed by atoms with Crippen molar-refractivity contribution in [1.82, 2.24) is 4.98 Å². The SMILES string of the molecule is CC(=O)SCC(O)C(O)c1cc(C#N)ccn1. The first-order valence-electron chi connectivity index (χ1n) is 4.90. The molecule has 0 saturated carbocycles. The molecule has 6 heteroatoms. The smallest absolute Gasteiger partial charge is 0.185 e. The van der Waals surface area contributed by atoms with Gasteiger partial charge in [-0.1, -0.05) is 11.8 Å². The third-order valence-corrected chi connectivity index (χ3v) is 2.95. The molecule has 0 aromatic carbocycles. The zero-order valence-electron chi connectivity index (χ0n) is 9.20. The molecule has 1 rings (SSSR count). The van der Waals surface area contributed by atoms with E-state index >= 15 is 0 Å². The first kappa shape index (κ1) is 13.6. The normalized spacial score (nSPS) is 13.8. The van der Waals surface area contributed by atoms with Gasteiger partial charge in [0.2, 0.25) is 0 Å². The molecular weight excluding hydrogens is 240 g/mol. The quantitative estimate of drug-likeness (QED) is 0.816. The molecule has 2 unspecified atom stereocenters. The fourth-order valence-electron chi connectivity index (χ4n) is 1.17. The van der Waals surface area contributed by atoms with E-state index in [1.807, 2.05) is 6.07 Å². The Morgan fingerprint density at radius 1 is 1.65 bits per heavy atom. The number of rotatable bonds is 4. The Morgan fingerprint density at radius 3 is 2.94 bits per heavy atom. The second-order valence-corrected chi connectivity index (χ2v) is 4.59. The van der Waals surface area contributed by atoms with Crippen LogP contribution in [0.15, 0.2) is 18.3 Å². The molecule has 0 amide bonds. The van der Waals surface area contributed by atoms with Crippen LogP contribution in [-0.4, -0.2) is 32.2 Å². The van der Waals surface area contributed by atoms with E-state index in [-0.39, 0.29) is 16.6 Å². The summed E-state index contributed by atoms with van der Waals surface area (Å²) in [6.45, 7) is 1.39. The fraction of sp³-hybridized carbons (Fsp3) is 0.364. The molecular formula is C11H12N2O3S. The van der Waals surface area contributed by atoms with E-state index in [2.05, 4.69) is 4.98 Å². The van der Waals surface area contributed by atoms with Gasteiger partial charge in [0.25, 0.3) is 0 Å². The van der Waals surface area contributed by atoms with Crippen LogP contribution in [0.25, 0.3) is 0 Å². The number of aliphatic hydroxyl groups excluding tert-OH is 2. The highest BCUT2D eigenvalue weighted by molar-refractivity contribution is 8.13. The molecule has 0 aliphatic rings. The third kappa shape index (κ3) is 4.15. The summed E-state index contributed by atoms with van der Waals surface area (Å²) >= 11 is 0.931. The van der Waals surface area contributed by atoms with E-state index in [1.54, 1.807) is 0 Å². The lowest BCUT2D eigenvalue weighted by atomic mass is 10.1. The van der Waals surface area contributed by atoms with Gasteiger partial charge in [-0.2, -0.15) is 5.26 Å². The molecule has 0 radical (unpaired) electrons. The number of carbonyl (C=O) groups excluding carboxylic acids is 1. The van der Waals surface area contributed by atoms with Crippen LogP contribution in [0.3, 0.4) is 0 Å². The molecule has 1 aromatic heterocycles. The number of aromatic nitrogens is 1. The van der Waals surface area contributed by atoms with Crippen molar-refractivity contribution in [2.75, 3.05) is 5.75 Å². The minimum atomic E-state index is -1.20. The third-order valence-electron chi connectivity index (χ3n) is 2.04. The summed E-state index contributed by atoms with van der Waals surface area (Å²) in [6.07, 6.45) is -0.900. The Balaban J connectivity index is 2.71. The average Bonchev–Trinajstić information content (AvgIpc) is 2.35. The number of thioether (sulfide) groups is 1. The van der Waals surface area contributed by atoms with Gasteiger partial charge in [-0.15, -0.1) is 0 Å². The van der Waals surface area contributed by atoms with E-state index in [0.29, 0.717) is 5.56 Å². The molecule has 0 aliphatic heterocycles. The van der Waals surface area contributed by atoms with Crippen LogP contribution in [0.1, 0.15) is 24.3 Å². The molecule has 2 N–H and O–H groups in total. The maximum atomic E-state index is 10.7. The summed E-state index contributed by atoms with van der Waals surface area (Å²) in [4.78, 5) is 14.6. The molecule has 0 bridgehead atoms. The highest BCUT2D eigenvalue weighted by Crippen LogP contribution is 2.18. The van der Waals surface area contributed by atoms with Crippen LogP contribution < -0.4 is 0 Å². The van der Waals surface area contributed by atoms with Crippen LogP contribution in [0.5, 0.6) is 0 Å². The zero-order chi connectivity index (χ0) is 12.8. The number of hydrogen-bond donors (Lipinski definition) is 2. The highest BCUT2D eigenvalue weighted by Gasteiger charge is 2.20. The van der Waals surface area contributed by atoms with E-state index in [1.165, 1.54) is 25.3 Å². The van der Waals surface area contributed by atoms with Crippen LogP contribution in [-0.2, 0) is 4.79 Å². The van der Waals surface area contributed by atoms with Gasteiger partial charge in [0.05, 0.1) is 23.4 Å². The Bertz CT molecular complexity index is 445.